The normalized spacial score (nSPS) is 26.6. The highest BCUT2D eigenvalue weighted by Crippen LogP contribution is 2.36. The van der Waals surface area contributed by atoms with Gasteiger partial charge in [0, 0.05) is 0 Å². The lowest BCUT2D eigenvalue weighted by Gasteiger charge is -2.38. The molecule has 1 fully saturated rings. The molecule has 0 spiro atoms. The number of carboxylic acid groups (broad SMARTS) is 1. The fraction of sp³-hybridized carbons (Fsp3) is 0.588. The molecule has 1 N–H and O–H groups in total. The van der Waals surface area contributed by atoms with Gasteiger partial charge in [-0.1, -0.05) is 73.9 Å². The molecule has 3 heteroatoms. The van der Waals surface area contributed by atoms with Crippen LogP contribution in [0.25, 0.3) is 0 Å². The van der Waals surface area contributed by atoms with E-state index in [4.69, 9.17) is 0 Å². The van der Waals surface area contributed by atoms with Crippen LogP contribution >= 0.6 is 0 Å². The van der Waals surface area contributed by atoms with Crippen molar-refractivity contribution in [3.8, 4) is 0 Å². The Morgan fingerprint density at radius 2 is 1.85 bits per heavy atom. The van der Waals surface area contributed by atoms with Crippen LogP contribution in [0, 0.1) is 11.8 Å². The third kappa shape index (κ3) is 3.51. The summed E-state index contributed by atoms with van der Waals surface area (Å²) in [5, 5.41) is 10.8. The van der Waals surface area contributed by atoms with Gasteiger partial charge in [-0.2, -0.15) is 0 Å². The fourth-order valence-corrected chi connectivity index (χ4v) is 8.90. The first-order valence-corrected chi connectivity index (χ1v) is 10.4. The number of benzene rings is 1. The van der Waals surface area contributed by atoms with Crippen LogP contribution in [0.15, 0.2) is 30.3 Å². The van der Waals surface area contributed by atoms with E-state index >= 15 is 0 Å². The third-order valence-corrected chi connectivity index (χ3v) is 10.2. The summed E-state index contributed by atoms with van der Waals surface area (Å²) in [6, 6.07) is 14.6. The first-order valence-electron chi connectivity index (χ1n) is 7.82. The van der Waals surface area contributed by atoms with E-state index in [0.717, 1.165) is 30.8 Å². The summed E-state index contributed by atoms with van der Waals surface area (Å²) in [5.41, 5.74) is 0. The van der Waals surface area contributed by atoms with Crippen LogP contribution in [0.4, 0.5) is 0 Å². The number of aliphatic carboxylic acids is 1. The van der Waals surface area contributed by atoms with Crippen molar-refractivity contribution < 1.29 is 9.90 Å². The SMILES string of the molecule is CC(C)CC[Si]1(c2ccccc2)CCC(C(=O)O)CC1. The molecule has 0 amide bonds. The van der Waals surface area contributed by atoms with Crippen molar-refractivity contribution >= 4 is 19.2 Å². The van der Waals surface area contributed by atoms with E-state index in [9.17, 15) is 9.90 Å². The molecule has 0 aromatic heterocycles. The summed E-state index contributed by atoms with van der Waals surface area (Å²) < 4.78 is 0. The summed E-state index contributed by atoms with van der Waals surface area (Å²) >= 11 is 0. The highest BCUT2D eigenvalue weighted by molar-refractivity contribution is 6.92. The Morgan fingerprint density at radius 1 is 1.25 bits per heavy atom. The van der Waals surface area contributed by atoms with Crippen LogP contribution in [0.3, 0.4) is 0 Å². The minimum atomic E-state index is -1.47. The molecule has 2 rings (SSSR count). The predicted octanol–water partition coefficient (Wildman–Crippen LogP) is 3.88. The summed E-state index contributed by atoms with van der Waals surface area (Å²) in [5.74, 6) is 0.0446. The molecule has 0 atom stereocenters. The second-order valence-electron chi connectivity index (χ2n) is 6.69. The van der Waals surface area contributed by atoms with Gasteiger partial charge in [-0.25, -0.2) is 0 Å². The molecule has 1 aromatic carbocycles. The molecule has 1 aliphatic heterocycles. The van der Waals surface area contributed by atoms with Crippen molar-refractivity contribution in [2.75, 3.05) is 0 Å². The van der Waals surface area contributed by atoms with Crippen molar-refractivity contribution in [2.24, 2.45) is 11.8 Å². The maximum Gasteiger partial charge on any atom is 0.306 e. The van der Waals surface area contributed by atoms with Gasteiger partial charge < -0.3 is 5.11 Å². The molecule has 0 radical (unpaired) electrons. The van der Waals surface area contributed by atoms with Crippen molar-refractivity contribution in [1.29, 1.82) is 0 Å². The van der Waals surface area contributed by atoms with Gasteiger partial charge >= 0.3 is 5.97 Å². The van der Waals surface area contributed by atoms with E-state index in [1.165, 1.54) is 12.5 Å². The van der Waals surface area contributed by atoms with Crippen LogP contribution in [0.2, 0.25) is 18.1 Å². The molecule has 0 unspecified atom stereocenters. The molecule has 0 aliphatic carbocycles. The Kier molecular flexibility index (Phi) is 5.03. The third-order valence-electron chi connectivity index (χ3n) is 4.88. The second kappa shape index (κ2) is 6.57. The Hall–Kier alpha value is -1.09. The molecule has 0 saturated carbocycles. The lowest BCUT2D eigenvalue weighted by molar-refractivity contribution is -0.142. The predicted molar refractivity (Wildman–Crippen MR) is 86.1 cm³/mol. The van der Waals surface area contributed by atoms with E-state index in [1.54, 1.807) is 5.19 Å². The molecule has 110 valence electrons. The lowest BCUT2D eigenvalue weighted by Crippen LogP contribution is -2.50. The first-order chi connectivity index (χ1) is 9.53. The molecular formula is C17H26O2Si. The Labute approximate surface area is 123 Å². The zero-order chi connectivity index (χ0) is 14.6. The largest absolute Gasteiger partial charge is 0.481 e. The zero-order valence-electron chi connectivity index (χ0n) is 12.6. The molecule has 0 bridgehead atoms. The fourth-order valence-electron chi connectivity index (χ4n) is 3.46. The molecule has 1 heterocycles. The summed E-state index contributed by atoms with van der Waals surface area (Å²) in [6.45, 7) is 4.58. The lowest BCUT2D eigenvalue weighted by atomic mass is 10.0. The summed E-state index contributed by atoms with van der Waals surface area (Å²) in [6.07, 6.45) is 3.04. The van der Waals surface area contributed by atoms with Gasteiger partial charge in [-0.15, -0.1) is 0 Å². The van der Waals surface area contributed by atoms with E-state index < -0.39 is 14.0 Å². The Balaban J connectivity index is 2.16. The van der Waals surface area contributed by atoms with E-state index in [2.05, 4.69) is 44.2 Å². The van der Waals surface area contributed by atoms with Crippen LogP contribution < -0.4 is 5.19 Å². The van der Waals surface area contributed by atoms with E-state index in [1.807, 2.05) is 0 Å². The van der Waals surface area contributed by atoms with Gasteiger partial charge in [0.15, 0.2) is 0 Å². The molecule has 2 nitrogen and oxygen atoms in total. The maximum atomic E-state index is 11.2. The van der Waals surface area contributed by atoms with Crippen molar-refractivity contribution in [3.05, 3.63) is 30.3 Å². The average molecular weight is 290 g/mol. The number of carbonyl (C=O) groups is 1. The van der Waals surface area contributed by atoms with Crippen LogP contribution in [0.1, 0.15) is 33.1 Å². The Bertz CT molecular complexity index is 434. The number of hydrogen-bond donors (Lipinski definition) is 1. The smallest absolute Gasteiger partial charge is 0.306 e. The van der Waals surface area contributed by atoms with Crippen LogP contribution in [-0.4, -0.2) is 19.1 Å². The van der Waals surface area contributed by atoms with E-state index in [0.29, 0.717) is 0 Å². The second-order valence-corrected chi connectivity index (χ2v) is 11.3. The zero-order valence-corrected chi connectivity index (χ0v) is 13.6. The van der Waals surface area contributed by atoms with Gasteiger partial charge in [0.25, 0.3) is 0 Å². The standard InChI is InChI=1S/C17H26O2Si/c1-14(2)8-11-20(16-6-4-3-5-7-16)12-9-15(10-13-20)17(18)19/h3-7,14-15H,8-13H2,1-2H3,(H,18,19). The van der Waals surface area contributed by atoms with Gasteiger partial charge in [0.1, 0.15) is 0 Å². The maximum absolute atomic E-state index is 11.2. The first kappa shape index (κ1) is 15.3. The van der Waals surface area contributed by atoms with Gasteiger partial charge in [0.05, 0.1) is 14.0 Å². The van der Waals surface area contributed by atoms with Gasteiger partial charge in [-0.3, -0.25) is 4.79 Å². The number of hydrogen-bond acceptors (Lipinski definition) is 1. The van der Waals surface area contributed by atoms with Crippen LogP contribution in [-0.2, 0) is 4.79 Å². The molecular weight excluding hydrogens is 264 g/mol. The van der Waals surface area contributed by atoms with Crippen LogP contribution in [0.5, 0.6) is 0 Å². The van der Waals surface area contributed by atoms with Gasteiger partial charge in [-0.05, 0) is 18.8 Å². The average Bonchev–Trinajstić information content (AvgIpc) is 2.46. The van der Waals surface area contributed by atoms with Crippen molar-refractivity contribution in [1.82, 2.24) is 0 Å². The summed E-state index contributed by atoms with van der Waals surface area (Å²) in [7, 11) is -1.47. The number of rotatable bonds is 5. The molecule has 1 aromatic rings. The Morgan fingerprint density at radius 3 is 2.35 bits per heavy atom. The number of carboxylic acids is 1. The van der Waals surface area contributed by atoms with Crippen molar-refractivity contribution in [3.63, 3.8) is 0 Å². The topological polar surface area (TPSA) is 37.3 Å². The van der Waals surface area contributed by atoms with Gasteiger partial charge in [0.2, 0.25) is 0 Å². The quantitative estimate of drug-likeness (QED) is 0.836. The molecule has 1 aliphatic rings. The van der Waals surface area contributed by atoms with E-state index in [-0.39, 0.29) is 5.92 Å². The monoisotopic (exact) mass is 290 g/mol. The molecule has 20 heavy (non-hydrogen) atoms. The molecule has 1 saturated heterocycles. The minimum Gasteiger partial charge on any atom is -0.481 e. The van der Waals surface area contributed by atoms with Crippen molar-refractivity contribution in [2.45, 2.75) is 51.2 Å². The highest BCUT2D eigenvalue weighted by Gasteiger charge is 2.40. The highest BCUT2D eigenvalue weighted by atomic mass is 28.3. The summed E-state index contributed by atoms with van der Waals surface area (Å²) in [4.78, 5) is 11.2. The minimum absolute atomic E-state index is 0.0987.